The predicted molar refractivity (Wildman–Crippen MR) is 142 cm³/mol. The van der Waals surface area contributed by atoms with Crippen LogP contribution in [0.2, 0.25) is 5.02 Å². The minimum atomic E-state index is -0.427. The minimum Gasteiger partial charge on any atom is -0.497 e. The standard InChI is InChI=1S/C24H28ClN5O4S/c1-14(2)34-22(31)13-33-21-8-6-7-18(15(21)3)28-24-26-12-17(25)23(29-24)27-19-10-9-16(32-4)11-20(19)30-35-5/h6-12,14,30H,13H2,1-5H3,(H2,26,27,28,29). The zero-order valence-electron chi connectivity index (χ0n) is 20.1. The number of rotatable bonds is 11. The average molecular weight is 518 g/mol. The monoisotopic (exact) mass is 517 g/mol. The highest BCUT2D eigenvalue weighted by Gasteiger charge is 2.13. The number of hydrogen-bond acceptors (Lipinski definition) is 10. The highest BCUT2D eigenvalue weighted by Crippen LogP contribution is 2.33. The number of methoxy groups -OCH3 is 1. The Morgan fingerprint density at radius 1 is 1.14 bits per heavy atom. The van der Waals surface area contributed by atoms with Gasteiger partial charge < -0.3 is 29.6 Å². The van der Waals surface area contributed by atoms with E-state index in [0.29, 0.717) is 22.5 Å². The Kier molecular flexibility index (Phi) is 9.27. The third-order valence-electron chi connectivity index (χ3n) is 4.68. The molecule has 0 radical (unpaired) electrons. The first-order valence-electron chi connectivity index (χ1n) is 10.8. The molecular formula is C24H28ClN5O4S. The van der Waals surface area contributed by atoms with Gasteiger partial charge in [0, 0.05) is 23.6 Å². The van der Waals surface area contributed by atoms with E-state index in [1.807, 2.05) is 43.5 Å². The van der Waals surface area contributed by atoms with Crippen molar-refractivity contribution in [1.29, 1.82) is 0 Å². The molecule has 3 aromatic rings. The molecule has 0 amide bonds. The summed E-state index contributed by atoms with van der Waals surface area (Å²) in [7, 11) is 1.61. The van der Waals surface area contributed by atoms with Gasteiger partial charge in [-0.2, -0.15) is 4.98 Å². The van der Waals surface area contributed by atoms with E-state index in [4.69, 9.17) is 25.8 Å². The second-order valence-electron chi connectivity index (χ2n) is 7.61. The lowest BCUT2D eigenvalue weighted by atomic mass is 10.2. The number of benzene rings is 2. The van der Waals surface area contributed by atoms with Crippen molar-refractivity contribution in [3.63, 3.8) is 0 Å². The van der Waals surface area contributed by atoms with Gasteiger partial charge in [-0.25, -0.2) is 9.78 Å². The third-order valence-corrected chi connectivity index (χ3v) is 5.38. The van der Waals surface area contributed by atoms with E-state index in [2.05, 4.69) is 25.3 Å². The number of ether oxygens (including phenoxy) is 3. The van der Waals surface area contributed by atoms with Gasteiger partial charge in [0.05, 0.1) is 30.8 Å². The van der Waals surface area contributed by atoms with Crippen LogP contribution in [0, 0.1) is 6.92 Å². The van der Waals surface area contributed by atoms with E-state index in [1.165, 1.54) is 18.1 Å². The highest BCUT2D eigenvalue weighted by atomic mass is 35.5. The molecule has 0 aliphatic rings. The number of nitrogens with one attached hydrogen (secondary N) is 3. The molecule has 0 fully saturated rings. The third kappa shape index (κ3) is 7.30. The summed E-state index contributed by atoms with van der Waals surface area (Å²) in [5, 5.41) is 6.79. The van der Waals surface area contributed by atoms with Gasteiger partial charge >= 0.3 is 5.97 Å². The Morgan fingerprint density at radius 3 is 2.66 bits per heavy atom. The maximum Gasteiger partial charge on any atom is 0.344 e. The second kappa shape index (κ2) is 12.4. The molecule has 1 heterocycles. The summed E-state index contributed by atoms with van der Waals surface area (Å²) in [5.74, 6) is 1.61. The Morgan fingerprint density at radius 2 is 1.94 bits per heavy atom. The molecule has 0 aliphatic heterocycles. The van der Waals surface area contributed by atoms with Gasteiger partial charge in [-0.05, 0) is 45.0 Å². The first-order chi connectivity index (χ1) is 16.8. The largest absolute Gasteiger partial charge is 0.497 e. The number of esters is 1. The van der Waals surface area contributed by atoms with Crippen molar-refractivity contribution in [2.24, 2.45) is 0 Å². The highest BCUT2D eigenvalue weighted by molar-refractivity contribution is 7.99. The van der Waals surface area contributed by atoms with Crippen LogP contribution in [0.15, 0.2) is 42.6 Å². The van der Waals surface area contributed by atoms with Gasteiger partial charge in [-0.3, -0.25) is 0 Å². The van der Waals surface area contributed by atoms with Crippen molar-refractivity contribution in [2.45, 2.75) is 26.9 Å². The molecule has 0 atom stereocenters. The van der Waals surface area contributed by atoms with Crippen LogP contribution in [-0.2, 0) is 9.53 Å². The lowest BCUT2D eigenvalue weighted by Crippen LogP contribution is -2.19. The van der Waals surface area contributed by atoms with Gasteiger partial charge in [0.1, 0.15) is 16.5 Å². The second-order valence-corrected chi connectivity index (χ2v) is 8.63. The van der Waals surface area contributed by atoms with Gasteiger partial charge in [0.2, 0.25) is 5.95 Å². The van der Waals surface area contributed by atoms with Crippen LogP contribution in [0.5, 0.6) is 11.5 Å². The number of anilines is 5. The summed E-state index contributed by atoms with van der Waals surface area (Å²) in [5.41, 5.74) is 3.10. The summed E-state index contributed by atoms with van der Waals surface area (Å²) in [6.07, 6.45) is 3.24. The van der Waals surface area contributed by atoms with Crippen molar-refractivity contribution in [3.05, 3.63) is 53.2 Å². The maximum atomic E-state index is 11.8. The molecular weight excluding hydrogens is 490 g/mol. The van der Waals surface area contributed by atoms with Crippen LogP contribution in [0.25, 0.3) is 0 Å². The Hall–Kier alpha value is -3.37. The summed E-state index contributed by atoms with van der Waals surface area (Å²) in [4.78, 5) is 20.6. The van der Waals surface area contributed by atoms with Crippen LogP contribution >= 0.6 is 23.5 Å². The lowest BCUT2D eigenvalue weighted by Gasteiger charge is -2.16. The SMILES string of the molecule is COc1ccc(Nc2nc(Nc3cccc(OCC(=O)OC(C)C)c3C)ncc2Cl)c(NSC)c1. The van der Waals surface area contributed by atoms with Crippen molar-refractivity contribution in [2.75, 3.05) is 35.3 Å². The molecule has 0 bridgehead atoms. The first kappa shape index (κ1) is 26.2. The summed E-state index contributed by atoms with van der Waals surface area (Å²) in [6.45, 7) is 5.27. The molecule has 0 saturated heterocycles. The number of carbonyl (C=O) groups excluding carboxylic acids is 1. The molecule has 3 N–H and O–H groups in total. The van der Waals surface area contributed by atoms with Gasteiger partial charge in [0.15, 0.2) is 12.4 Å². The molecule has 2 aromatic carbocycles. The normalized spacial score (nSPS) is 10.6. The Balaban J connectivity index is 1.78. The van der Waals surface area contributed by atoms with E-state index in [0.717, 1.165) is 28.4 Å². The molecule has 186 valence electrons. The van der Waals surface area contributed by atoms with E-state index in [1.54, 1.807) is 27.0 Å². The smallest absolute Gasteiger partial charge is 0.344 e. The average Bonchev–Trinajstić information content (AvgIpc) is 2.82. The molecule has 0 saturated carbocycles. The van der Waals surface area contributed by atoms with Gasteiger partial charge in [-0.1, -0.05) is 29.6 Å². The molecule has 11 heteroatoms. The number of hydrogen-bond donors (Lipinski definition) is 3. The van der Waals surface area contributed by atoms with Crippen LogP contribution in [0.3, 0.4) is 0 Å². The van der Waals surface area contributed by atoms with Crippen LogP contribution in [0.1, 0.15) is 19.4 Å². The fourth-order valence-corrected chi connectivity index (χ4v) is 3.58. The molecule has 0 spiro atoms. The van der Waals surface area contributed by atoms with Crippen molar-refractivity contribution in [1.82, 2.24) is 9.97 Å². The summed E-state index contributed by atoms with van der Waals surface area (Å²) in [6, 6.07) is 11.0. The lowest BCUT2D eigenvalue weighted by molar-refractivity contribution is -0.149. The van der Waals surface area contributed by atoms with Crippen molar-refractivity contribution in [3.8, 4) is 11.5 Å². The number of carbonyl (C=O) groups is 1. The molecule has 0 unspecified atom stereocenters. The molecule has 0 aliphatic carbocycles. The quantitative estimate of drug-likeness (QED) is 0.208. The molecule has 9 nitrogen and oxygen atoms in total. The van der Waals surface area contributed by atoms with Crippen LogP contribution in [-0.4, -0.2) is 42.0 Å². The number of halogens is 1. The fraction of sp³-hybridized carbons (Fsp3) is 0.292. The first-order valence-corrected chi connectivity index (χ1v) is 12.4. The fourth-order valence-electron chi connectivity index (χ4n) is 3.06. The van der Waals surface area contributed by atoms with E-state index in [-0.39, 0.29) is 12.7 Å². The van der Waals surface area contributed by atoms with Gasteiger partial charge in [0.25, 0.3) is 0 Å². The Bertz CT molecular complexity index is 1180. The molecule has 1 aromatic heterocycles. The van der Waals surface area contributed by atoms with Crippen LogP contribution < -0.4 is 24.8 Å². The van der Waals surface area contributed by atoms with E-state index < -0.39 is 5.97 Å². The summed E-state index contributed by atoms with van der Waals surface area (Å²) >= 11 is 7.83. The van der Waals surface area contributed by atoms with Crippen molar-refractivity contribution < 1.29 is 19.0 Å². The predicted octanol–water partition coefficient (Wildman–Crippen LogP) is 5.95. The number of nitrogens with zero attached hydrogens (tertiary/aromatic N) is 2. The maximum absolute atomic E-state index is 11.8. The topological polar surface area (TPSA) is 107 Å². The van der Waals surface area contributed by atoms with E-state index >= 15 is 0 Å². The number of aromatic nitrogens is 2. The Labute approximate surface area is 214 Å². The zero-order valence-corrected chi connectivity index (χ0v) is 21.7. The zero-order chi connectivity index (χ0) is 25.4. The minimum absolute atomic E-state index is 0.178. The molecule has 35 heavy (non-hydrogen) atoms. The van der Waals surface area contributed by atoms with E-state index in [9.17, 15) is 4.79 Å². The van der Waals surface area contributed by atoms with Crippen LogP contribution in [0.4, 0.5) is 28.8 Å². The summed E-state index contributed by atoms with van der Waals surface area (Å²) < 4.78 is 19.3. The van der Waals surface area contributed by atoms with Gasteiger partial charge in [-0.15, -0.1) is 0 Å². The molecule has 3 rings (SSSR count). The van der Waals surface area contributed by atoms with Crippen molar-refractivity contribution >= 4 is 58.3 Å².